The molecule has 4 rings (SSSR count). The molecule has 0 spiro atoms. The Kier molecular flexibility index (Phi) is 3.41. The van der Waals surface area contributed by atoms with E-state index in [4.69, 9.17) is 4.52 Å². The van der Waals surface area contributed by atoms with Crippen molar-refractivity contribution in [1.29, 1.82) is 0 Å². The van der Waals surface area contributed by atoms with Crippen molar-refractivity contribution in [2.75, 3.05) is 6.54 Å². The average molecular weight is 311 g/mol. The van der Waals surface area contributed by atoms with Crippen molar-refractivity contribution in [3.63, 3.8) is 0 Å². The molecule has 23 heavy (non-hydrogen) atoms. The largest absolute Gasteiger partial charge is 0.359 e. The maximum absolute atomic E-state index is 5.49. The van der Waals surface area contributed by atoms with Crippen LogP contribution >= 0.6 is 0 Å². The lowest BCUT2D eigenvalue weighted by atomic mass is 10.1. The van der Waals surface area contributed by atoms with Crippen LogP contribution in [-0.2, 0) is 13.6 Å². The predicted molar refractivity (Wildman–Crippen MR) is 86.9 cm³/mol. The summed E-state index contributed by atoms with van der Waals surface area (Å²) in [5, 5.41) is 9.61. The van der Waals surface area contributed by atoms with Gasteiger partial charge in [-0.2, -0.15) is 5.10 Å². The van der Waals surface area contributed by atoms with Crippen molar-refractivity contribution in [2.45, 2.75) is 39.3 Å². The van der Waals surface area contributed by atoms with E-state index in [2.05, 4.69) is 32.3 Å². The number of aromatic nitrogens is 4. The molecule has 1 atom stereocenters. The van der Waals surface area contributed by atoms with E-state index in [9.17, 15) is 0 Å². The maximum Gasteiger partial charge on any atom is 0.157 e. The summed E-state index contributed by atoms with van der Waals surface area (Å²) in [6.07, 6.45) is 4.27. The molecule has 0 aromatic carbocycles. The molecule has 4 heterocycles. The minimum Gasteiger partial charge on any atom is -0.359 e. The van der Waals surface area contributed by atoms with Crippen molar-refractivity contribution in [3.05, 3.63) is 41.0 Å². The fourth-order valence-corrected chi connectivity index (χ4v) is 3.55. The second kappa shape index (κ2) is 5.45. The van der Waals surface area contributed by atoms with Gasteiger partial charge < -0.3 is 4.52 Å². The standard InChI is InChI=1S/C17H21N5O/c1-11-7-16(23-20-11)15-5-4-6-22(15)10-13-8-14-12(2)19-21(3)17(14)18-9-13/h7-9,15H,4-6,10H2,1-3H3. The van der Waals surface area contributed by atoms with E-state index in [1.165, 1.54) is 12.0 Å². The second-order valence-electron chi connectivity index (χ2n) is 6.42. The lowest BCUT2D eigenvalue weighted by Gasteiger charge is -2.22. The van der Waals surface area contributed by atoms with Crippen LogP contribution < -0.4 is 0 Å². The van der Waals surface area contributed by atoms with Gasteiger partial charge in [0.2, 0.25) is 0 Å². The van der Waals surface area contributed by atoms with Crippen molar-refractivity contribution in [3.8, 4) is 0 Å². The number of fused-ring (bicyclic) bond motifs is 1. The molecule has 3 aromatic rings. The van der Waals surface area contributed by atoms with Gasteiger partial charge in [-0.3, -0.25) is 9.58 Å². The summed E-state index contributed by atoms with van der Waals surface area (Å²) in [4.78, 5) is 7.04. The van der Waals surface area contributed by atoms with E-state index in [1.807, 2.05) is 31.8 Å². The van der Waals surface area contributed by atoms with Crippen LogP contribution in [0.25, 0.3) is 11.0 Å². The zero-order chi connectivity index (χ0) is 16.0. The van der Waals surface area contributed by atoms with Gasteiger partial charge in [-0.1, -0.05) is 5.16 Å². The minimum atomic E-state index is 0.321. The van der Waals surface area contributed by atoms with Gasteiger partial charge in [0.05, 0.1) is 17.4 Å². The third-order valence-corrected chi connectivity index (χ3v) is 4.64. The van der Waals surface area contributed by atoms with Crippen molar-refractivity contribution < 1.29 is 4.52 Å². The normalized spacial score (nSPS) is 19.0. The molecule has 6 nitrogen and oxygen atoms in total. The summed E-state index contributed by atoms with van der Waals surface area (Å²) in [6.45, 7) is 5.95. The summed E-state index contributed by atoms with van der Waals surface area (Å²) >= 11 is 0. The number of hydrogen-bond donors (Lipinski definition) is 0. The first-order valence-electron chi connectivity index (χ1n) is 8.07. The molecule has 3 aromatic heterocycles. The van der Waals surface area contributed by atoms with E-state index < -0.39 is 0 Å². The Bertz CT molecular complexity index is 850. The lowest BCUT2D eigenvalue weighted by Crippen LogP contribution is -2.22. The molecular weight excluding hydrogens is 290 g/mol. The van der Waals surface area contributed by atoms with Crippen LogP contribution in [0.1, 0.15) is 41.6 Å². The topological polar surface area (TPSA) is 60.0 Å². The van der Waals surface area contributed by atoms with Gasteiger partial charge in [-0.15, -0.1) is 0 Å². The van der Waals surface area contributed by atoms with Crippen molar-refractivity contribution in [2.24, 2.45) is 7.05 Å². The first kappa shape index (κ1) is 14.4. The number of likely N-dealkylation sites (tertiary alicyclic amines) is 1. The van der Waals surface area contributed by atoms with Crippen LogP contribution in [0.3, 0.4) is 0 Å². The molecule has 0 aliphatic carbocycles. The van der Waals surface area contributed by atoms with Gasteiger partial charge in [0.15, 0.2) is 11.4 Å². The lowest BCUT2D eigenvalue weighted by molar-refractivity contribution is 0.206. The average Bonchev–Trinajstić information content (AvgIpc) is 3.21. The number of pyridine rings is 1. The molecule has 0 N–H and O–H groups in total. The molecule has 6 heteroatoms. The first-order valence-corrected chi connectivity index (χ1v) is 8.07. The Balaban J connectivity index is 1.60. The third kappa shape index (κ3) is 2.53. The molecular formula is C17H21N5O. The number of hydrogen-bond acceptors (Lipinski definition) is 5. The molecule has 0 amide bonds. The fraction of sp³-hybridized carbons (Fsp3) is 0.471. The zero-order valence-corrected chi connectivity index (χ0v) is 13.8. The first-order chi connectivity index (χ1) is 11.1. The minimum absolute atomic E-state index is 0.321. The molecule has 1 unspecified atom stereocenters. The number of aryl methyl sites for hydroxylation is 3. The Labute approximate surface area is 135 Å². The number of rotatable bonds is 3. The second-order valence-corrected chi connectivity index (χ2v) is 6.42. The summed E-state index contributed by atoms with van der Waals surface area (Å²) in [5.41, 5.74) is 4.13. The molecule has 0 bridgehead atoms. The fourth-order valence-electron chi connectivity index (χ4n) is 3.55. The Hall–Kier alpha value is -2.21. The van der Waals surface area contributed by atoms with Gasteiger partial charge in [0.1, 0.15) is 0 Å². The van der Waals surface area contributed by atoms with Gasteiger partial charge in [0, 0.05) is 31.2 Å². The van der Waals surface area contributed by atoms with Gasteiger partial charge in [-0.25, -0.2) is 4.98 Å². The predicted octanol–water partition coefficient (Wildman–Crippen LogP) is 2.91. The highest BCUT2D eigenvalue weighted by Crippen LogP contribution is 2.33. The Morgan fingerprint density at radius 2 is 2.17 bits per heavy atom. The van der Waals surface area contributed by atoms with Gasteiger partial charge in [0.25, 0.3) is 0 Å². The van der Waals surface area contributed by atoms with Crippen LogP contribution in [0.2, 0.25) is 0 Å². The van der Waals surface area contributed by atoms with Gasteiger partial charge >= 0.3 is 0 Å². The Morgan fingerprint density at radius 1 is 1.30 bits per heavy atom. The van der Waals surface area contributed by atoms with Gasteiger partial charge in [-0.05, 0) is 44.9 Å². The number of nitrogens with zero attached hydrogens (tertiary/aromatic N) is 5. The highest BCUT2D eigenvalue weighted by Gasteiger charge is 2.29. The highest BCUT2D eigenvalue weighted by molar-refractivity contribution is 5.78. The molecule has 0 radical (unpaired) electrons. The molecule has 1 aliphatic heterocycles. The Morgan fingerprint density at radius 3 is 2.96 bits per heavy atom. The van der Waals surface area contributed by atoms with E-state index in [1.54, 1.807) is 0 Å². The van der Waals surface area contributed by atoms with E-state index in [0.29, 0.717) is 6.04 Å². The molecule has 120 valence electrons. The van der Waals surface area contributed by atoms with E-state index in [-0.39, 0.29) is 0 Å². The maximum atomic E-state index is 5.49. The van der Waals surface area contributed by atoms with Crippen LogP contribution in [0.15, 0.2) is 22.9 Å². The molecule has 1 saturated heterocycles. The molecule has 1 fully saturated rings. The van der Waals surface area contributed by atoms with Crippen LogP contribution in [0.5, 0.6) is 0 Å². The van der Waals surface area contributed by atoms with Crippen molar-refractivity contribution in [1.82, 2.24) is 24.8 Å². The van der Waals surface area contributed by atoms with E-state index in [0.717, 1.165) is 47.7 Å². The SMILES string of the molecule is Cc1cc(C2CCCN2Cc2cnc3c(c2)c(C)nn3C)on1. The van der Waals surface area contributed by atoms with Crippen molar-refractivity contribution >= 4 is 11.0 Å². The third-order valence-electron chi connectivity index (χ3n) is 4.64. The van der Waals surface area contributed by atoms with Crippen LogP contribution in [0.4, 0.5) is 0 Å². The monoisotopic (exact) mass is 311 g/mol. The summed E-state index contributed by atoms with van der Waals surface area (Å²) in [7, 11) is 1.94. The summed E-state index contributed by atoms with van der Waals surface area (Å²) < 4.78 is 7.33. The quantitative estimate of drug-likeness (QED) is 0.744. The summed E-state index contributed by atoms with van der Waals surface area (Å²) in [6, 6.07) is 4.59. The van der Waals surface area contributed by atoms with Crippen LogP contribution in [-0.4, -0.2) is 31.4 Å². The zero-order valence-electron chi connectivity index (χ0n) is 13.8. The molecule has 0 saturated carbocycles. The van der Waals surface area contributed by atoms with Crippen LogP contribution in [0, 0.1) is 13.8 Å². The highest BCUT2D eigenvalue weighted by atomic mass is 16.5. The summed E-state index contributed by atoms with van der Waals surface area (Å²) in [5.74, 6) is 0.978. The smallest absolute Gasteiger partial charge is 0.157 e. The molecule has 1 aliphatic rings. The van der Waals surface area contributed by atoms with E-state index >= 15 is 0 Å².